The van der Waals surface area contributed by atoms with E-state index in [1.54, 1.807) is 35.8 Å². The standard InChI is InChI=1S/C27H31FN4O2/c1-17-10-18(12-20(29)11-17)22-6-7-30-15-19(22)13-26(33)23-4-5-25(28)24-14-21(16-31-27(23)24)32-8-2-3-9-34-32/h4-7,14-18,20H,2-3,8-13,29H2,1H3/t17-,18+,20-/m0/s1. The number of nitrogens with zero attached hydrogens (tertiary/aromatic N) is 3. The van der Waals surface area contributed by atoms with Gasteiger partial charge in [-0.3, -0.25) is 24.7 Å². The number of halogens is 1. The number of carbonyl (C=O) groups is 1. The van der Waals surface area contributed by atoms with E-state index in [2.05, 4.69) is 16.9 Å². The molecule has 3 aromatic rings. The van der Waals surface area contributed by atoms with Gasteiger partial charge < -0.3 is 5.73 Å². The Morgan fingerprint density at radius 2 is 2.09 bits per heavy atom. The number of Topliss-reactive ketones (excluding diaryl/α,β-unsaturated/α-hetero) is 1. The number of pyridine rings is 2. The van der Waals surface area contributed by atoms with Gasteiger partial charge in [-0.1, -0.05) is 6.92 Å². The summed E-state index contributed by atoms with van der Waals surface area (Å²) in [6.07, 6.45) is 10.4. The summed E-state index contributed by atoms with van der Waals surface area (Å²) in [5.74, 6) is 0.376. The third-order valence-corrected chi connectivity index (χ3v) is 7.08. The molecule has 0 spiro atoms. The van der Waals surface area contributed by atoms with E-state index in [0.29, 0.717) is 40.6 Å². The lowest BCUT2D eigenvalue weighted by Gasteiger charge is -2.32. The lowest BCUT2D eigenvalue weighted by Crippen LogP contribution is -2.31. The lowest BCUT2D eigenvalue weighted by molar-refractivity contribution is 0.0777. The molecule has 3 heterocycles. The zero-order valence-electron chi connectivity index (χ0n) is 19.5. The van der Waals surface area contributed by atoms with Gasteiger partial charge in [-0.05, 0) is 79.3 Å². The fourth-order valence-electron chi connectivity index (χ4n) is 5.50. The maximum Gasteiger partial charge on any atom is 0.169 e. The van der Waals surface area contributed by atoms with Gasteiger partial charge in [-0.2, -0.15) is 0 Å². The minimum Gasteiger partial charge on any atom is -0.328 e. The van der Waals surface area contributed by atoms with Crippen LogP contribution in [-0.2, 0) is 11.3 Å². The largest absolute Gasteiger partial charge is 0.328 e. The number of ketones is 1. The molecule has 178 valence electrons. The van der Waals surface area contributed by atoms with E-state index >= 15 is 0 Å². The molecule has 2 aliphatic rings. The number of carbonyl (C=O) groups excluding carboxylic acids is 1. The van der Waals surface area contributed by atoms with Crippen LogP contribution in [0.1, 0.15) is 66.4 Å². The SMILES string of the molecule is C[C@@H]1C[C@H](N)C[C@H](c2ccncc2CC(=O)c2ccc(F)c3cc(N4CCCCO4)cnc23)C1. The van der Waals surface area contributed by atoms with Crippen molar-refractivity contribution in [2.45, 2.75) is 57.4 Å². The first-order valence-electron chi connectivity index (χ1n) is 12.2. The number of fused-ring (bicyclic) bond motifs is 1. The number of hydrogen-bond acceptors (Lipinski definition) is 6. The van der Waals surface area contributed by atoms with Crippen LogP contribution in [-0.4, -0.2) is 34.9 Å². The Labute approximate surface area is 199 Å². The van der Waals surface area contributed by atoms with Crippen molar-refractivity contribution in [1.82, 2.24) is 9.97 Å². The highest BCUT2D eigenvalue weighted by Crippen LogP contribution is 2.37. The van der Waals surface area contributed by atoms with Crippen molar-refractivity contribution < 1.29 is 14.0 Å². The molecule has 1 aliphatic carbocycles. The molecule has 5 rings (SSSR count). The second kappa shape index (κ2) is 9.76. The molecular weight excluding hydrogens is 431 g/mol. The average molecular weight is 463 g/mol. The number of hydrogen-bond donors (Lipinski definition) is 1. The fraction of sp³-hybridized carbons (Fsp3) is 0.444. The Bertz CT molecular complexity index is 1180. The molecule has 1 aromatic carbocycles. The van der Waals surface area contributed by atoms with Crippen molar-refractivity contribution in [1.29, 1.82) is 0 Å². The predicted octanol–water partition coefficient (Wildman–Crippen LogP) is 4.96. The first-order valence-corrected chi connectivity index (χ1v) is 12.2. The minimum atomic E-state index is -0.398. The number of aromatic nitrogens is 2. The summed E-state index contributed by atoms with van der Waals surface area (Å²) >= 11 is 0. The first-order chi connectivity index (χ1) is 16.5. The quantitative estimate of drug-likeness (QED) is 0.540. The molecule has 1 saturated heterocycles. The molecule has 3 atom stereocenters. The van der Waals surface area contributed by atoms with Crippen molar-refractivity contribution in [3.8, 4) is 0 Å². The maximum atomic E-state index is 14.8. The van der Waals surface area contributed by atoms with Gasteiger partial charge in [-0.15, -0.1) is 0 Å². The van der Waals surface area contributed by atoms with E-state index in [1.807, 2.05) is 6.07 Å². The van der Waals surface area contributed by atoms with Crippen LogP contribution < -0.4 is 10.8 Å². The molecule has 2 N–H and O–H groups in total. The molecule has 0 bridgehead atoms. The van der Waals surface area contributed by atoms with E-state index in [4.69, 9.17) is 10.6 Å². The fourth-order valence-corrected chi connectivity index (χ4v) is 5.50. The van der Waals surface area contributed by atoms with Crippen LogP contribution in [0.2, 0.25) is 0 Å². The van der Waals surface area contributed by atoms with Gasteiger partial charge in [-0.25, -0.2) is 4.39 Å². The first kappa shape index (κ1) is 22.9. The summed E-state index contributed by atoms with van der Waals surface area (Å²) in [5.41, 5.74) is 9.86. The van der Waals surface area contributed by atoms with Gasteiger partial charge >= 0.3 is 0 Å². The highest BCUT2D eigenvalue weighted by molar-refractivity contribution is 6.08. The topological polar surface area (TPSA) is 81.3 Å². The monoisotopic (exact) mass is 462 g/mol. The Hall–Kier alpha value is -2.90. The van der Waals surface area contributed by atoms with Crippen molar-refractivity contribution in [2.75, 3.05) is 18.2 Å². The number of rotatable bonds is 5. The molecule has 1 aliphatic heterocycles. The molecule has 0 radical (unpaired) electrons. The summed E-state index contributed by atoms with van der Waals surface area (Å²) in [7, 11) is 0. The minimum absolute atomic E-state index is 0.0955. The van der Waals surface area contributed by atoms with Crippen LogP contribution >= 0.6 is 0 Å². The third kappa shape index (κ3) is 4.68. The van der Waals surface area contributed by atoms with Gasteiger partial charge in [0.25, 0.3) is 0 Å². The van der Waals surface area contributed by atoms with Crippen LogP contribution in [0.3, 0.4) is 0 Å². The van der Waals surface area contributed by atoms with Crippen molar-refractivity contribution >= 4 is 22.4 Å². The number of nitrogens with two attached hydrogens (primary N) is 1. The molecule has 0 amide bonds. The van der Waals surface area contributed by atoms with Gasteiger partial charge in [0.05, 0.1) is 24.0 Å². The molecule has 2 fully saturated rings. The summed E-state index contributed by atoms with van der Waals surface area (Å²) in [6.45, 7) is 3.61. The average Bonchev–Trinajstić information content (AvgIpc) is 2.84. The van der Waals surface area contributed by atoms with Gasteiger partial charge in [0.1, 0.15) is 5.82 Å². The van der Waals surface area contributed by atoms with Gasteiger partial charge in [0.15, 0.2) is 5.78 Å². The Morgan fingerprint density at radius 3 is 2.88 bits per heavy atom. The van der Waals surface area contributed by atoms with Crippen LogP contribution in [0.5, 0.6) is 0 Å². The zero-order chi connectivity index (χ0) is 23.7. The van der Waals surface area contributed by atoms with E-state index < -0.39 is 5.82 Å². The maximum absolute atomic E-state index is 14.8. The third-order valence-electron chi connectivity index (χ3n) is 7.08. The van der Waals surface area contributed by atoms with Crippen LogP contribution in [0, 0.1) is 11.7 Å². The van der Waals surface area contributed by atoms with Crippen molar-refractivity contribution in [2.24, 2.45) is 11.7 Å². The smallest absolute Gasteiger partial charge is 0.169 e. The predicted molar refractivity (Wildman–Crippen MR) is 130 cm³/mol. The van der Waals surface area contributed by atoms with Crippen LogP contribution in [0.15, 0.2) is 42.9 Å². The molecule has 2 aromatic heterocycles. The zero-order valence-corrected chi connectivity index (χ0v) is 19.5. The van der Waals surface area contributed by atoms with Gasteiger partial charge in [0, 0.05) is 42.4 Å². The second-order valence-corrected chi connectivity index (χ2v) is 9.77. The van der Waals surface area contributed by atoms with E-state index in [9.17, 15) is 9.18 Å². The van der Waals surface area contributed by atoms with E-state index in [-0.39, 0.29) is 18.2 Å². The van der Waals surface area contributed by atoms with E-state index in [1.165, 1.54) is 6.07 Å². The van der Waals surface area contributed by atoms with Crippen molar-refractivity contribution in [3.63, 3.8) is 0 Å². The second-order valence-electron chi connectivity index (χ2n) is 9.77. The molecule has 0 unspecified atom stereocenters. The van der Waals surface area contributed by atoms with Crippen molar-refractivity contribution in [3.05, 3.63) is 65.4 Å². The lowest BCUT2D eigenvalue weighted by atomic mass is 9.75. The highest BCUT2D eigenvalue weighted by Gasteiger charge is 2.28. The number of hydroxylamine groups is 1. The number of benzene rings is 1. The summed E-state index contributed by atoms with van der Waals surface area (Å²) < 4.78 is 14.8. The van der Waals surface area contributed by atoms with E-state index in [0.717, 1.165) is 49.8 Å². The molecule has 7 heteroatoms. The Kier molecular flexibility index (Phi) is 6.57. The van der Waals surface area contributed by atoms with Crippen LogP contribution in [0.25, 0.3) is 10.9 Å². The molecule has 6 nitrogen and oxygen atoms in total. The molecule has 1 saturated carbocycles. The molecule has 34 heavy (non-hydrogen) atoms. The Morgan fingerprint density at radius 1 is 1.21 bits per heavy atom. The molecular formula is C27H31FN4O2. The highest BCUT2D eigenvalue weighted by atomic mass is 19.1. The Balaban J connectivity index is 1.44. The summed E-state index contributed by atoms with van der Waals surface area (Å²) in [5, 5.41) is 2.08. The normalized spacial score (nSPS) is 23.3. The van der Waals surface area contributed by atoms with Crippen LogP contribution in [0.4, 0.5) is 10.1 Å². The number of anilines is 1. The van der Waals surface area contributed by atoms with Gasteiger partial charge in [0.2, 0.25) is 0 Å². The summed E-state index contributed by atoms with van der Waals surface area (Å²) in [6, 6.07) is 6.81. The summed E-state index contributed by atoms with van der Waals surface area (Å²) in [4.78, 5) is 27.9.